The molecule has 1 heterocycles. The lowest BCUT2D eigenvalue weighted by molar-refractivity contribution is 0.102. The van der Waals surface area contributed by atoms with Crippen molar-refractivity contribution in [3.05, 3.63) is 107 Å². The minimum atomic E-state index is -0.280. The highest BCUT2D eigenvalue weighted by atomic mass is 16.5. The molecule has 0 saturated heterocycles. The van der Waals surface area contributed by atoms with Crippen molar-refractivity contribution >= 4 is 33.3 Å². The van der Waals surface area contributed by atoms with Crippen LogP contribution in [0.15, 0.2) is 89.7 Å². The van der Waals surface area contributed by atoms with Crippen molar-refractivity contribution in [1.29, 1.82) is 0 Å². The van der Waals surface area contributed by atoms with Crippen LogP contribution in [0.4, 0.5) is 5.69 Å². The number of ether oxygens (including phenoxy) is 1. The van der Waals surface area contributed by atoms with E-state index >= 15 is 0 Å². The minimum absolute atomic E-state index is 0.153. The maximum absolute atomic E-state index is 13.4. The zero-order valence-electron chi connectivity index (χ0n) is 18.9. The molecule has 1 N–H and O–H groups in total. The van der Waals surface area contributed by atoms with E-state index in [1.807, 2.05) is 67.6 Å². The number of fused-ring (bicyclic) bond motifs is 2. The summed E-state index contributed by atoms with van der Waals surface area (Å²) in [7, 11) is 0. The van der Waals surface area contributed by atoms with Crippen LogP contribution in [0.5, 0.6) is 5.75 Å². The monoisotopic (exact) mass is 449 g/mol. The van der Waals surface area contributed by atoms with E-state index in [9.17, 15) is 9.59 Å². The molecule has 168 valence electrons. The highest BCUT2D eigenvalue weighted by Gasteiger charge is 2.17. The van der Waals surface area contributed by atoms with E-state index in [4.69, 9.17) is 4.74 Å². The second-order valence-corrected chi connectivity index (χ2v) is 7.91. The van der Waals surface area contributed by atoms with Crippen LogP contribution in [-0.4, -0.2) is 22.1 Å². The van der Waals surface area contributed by atoms with Crippen molar-refractivity contribution < 1.29 is 9.53 Å². The smallest absolute Gasteiger partial charge is 0.265 e. The predicted molar refractivity (Wildman–Crippen MR) is 135 cm³/mol. The molecular formula is C28H23N3O3. The summed E-state index contributed by atoms with van der Waals surface area (Å²) in [5, 5.41) is 5.29. The van der Waals surface area contributed by atoms with Crippen LogP contribution < -0.4 is 15.6 Å². The third-order valence-electron chi connectivity index (χ3n) is 5.72. The number of aromatic nitrogens is 2. The predicted octanol–water partition coefficient (Wildman–Crippen LogP) is 5.50. The summed E-state index contributed by atoms with van der Waals surface area (Å²) < 4.78 is 7.31. The van der Waals surface area contributed by atoms with E-state index in [1.165, 1.54) is 0 Å². The van der Waals surface area contributed by atoms with E-state index in [0.29, 0.717) is 46.0 Å². The fourth-order valence-electron chi connectivity index (χ4n) is 4.23. The molecule has 5 aromatic rings. The first-order valence-electron chi connectivity index (χ1n) is 11.1. The summed E-state index contributed by atoms with van der Waals surface area (Å²) in [6, 6.07) is 25.9. The van der Waals surface area contributed by atoms with Gasteiger partial charge >= 0.3 is 0 Å². The molecule has 0 saturated carbocycles. The number of rotatable bonds is 5. The number of aryl methyl sites for hydroxylation is 1. The number of nitrogens with zero attached hydrogens (tertiary/aromatic N) is 2. The van der Waals surface area contributed by atoms with Crippen LogP contribution in [0.1, 0.15) is 23.1 Å². The Balaban J connectivity index is 1.56. The Bertz CT molecular complexity index is 1600. The average Bonchev–Trinajstić information content (AvgIpc) is 2.84. The molecule has 1 amide bonds. The van der Waals surface area contributed by atoms with Gasteiger partial charge in [-0.2, -0.15) is 0 Å². The molecule has 0 aliphatic heterocycles. The zero-order valence-corrected chi connectivity index (χ0v) is 18.9. The van der Waals surface area contributed by atoms with Gasteiger partial charge in [0.15, 0.2) is 0 Å². The van der Waals surface area contributed by atoms with E-state index in [1.54, 1.807) is 35.8 Å². The number of hydrogen-bond acceptors (Lipinski definition) is 4. The normalized spacial score (nSPS) is 11.0. The number of carbonyl (C=O) groups is 1. The van der Waals surface area contributed by atoms with Crippen molar-refractivity contribution in [2.75, 3.05) is 11.9 Å². The highest BCUT2D eigenvalue weighted by Crippen LogP contribution is 2.29. The fourth-order valence-corrected chi connectivity index (χ4v) is 4.23. The van der Waals surface area contributed by atoms with Crippen LogP contribution in [-0.2, 0) is 0 Å². The zero-order chi connectivity index (χ0) is 23.7. The summed E-state index contributed by atoms with van der Waals surface area (Å²) >= 11 is 0. The Kier molecular flexibility index (Phi) is 5.55. The van der Waals surface area contributed by atoms with E-state index in [-0.39, 0.29) is 11.5 Å². The van der Waals surface area contributed by atoms with E-state index in [0.717, 1.165) is 10.8 Å². The molecule has 5 rings (SSSR count). The first-order valence-corrected chi connectivity index (χ1v) is 11.1. The molecule has 1 aromatic heterocycles. The standard InChI is InChI=1S/C28H23N3O3/c1-3-34-25-16-15-19-9-4-5-12-22(19)26(25)27(32)30-20-10-8-11-21(17-20)31-18(2)29-24-14-7-6-13-23(24)28(31)33/h4-17H,3H2,1-2H3,(H,30,32). The van der Waals surface area contributed by atoms with Gasteiger partial charge in [0.05, 0.1) is 28.8 Å². The van der Waals surface area contributed by atoms with Gasteiger partial charge in [0.2, 0.25) is 0 Å². The van der Waals surface area contributed by atoms with Gasteiger partial charge in [-0.05, 0) is 61.0 Å². The number of amides is 1. The second-order valence-electron chi connectivity index (χ2n) is 7.91. The molecule has 0 unspecified atom stereocenters. The Morgan fingerprint density at radius 2 is 1.71 bits per heavy atom. The molecule has 34 heavy (non-hydrogen) atoms. The fraction of sp³-hybridized carbons (Fsp3) is 0.107. The summed E-state index contributed by atoms with van der Waals surface area (Å²) in [4.78, 5) is 31.2. The summed E-state index contributed by atoms with van der Waals surface area (Å²) in [5.41, 5.74) is 2.18. The summed E-state index contributed by atoms with van der Waals surface area (Å²) in [6.45, 7) is 4.13. The second kappa shape index (κ2) is 8.83. The SMILES string of the molecule is CCOc1ccc2ccccc2c1C(=O)Nc1cccc(-n2c(C)nc3ccccc3c2=O)c1. The summed E-state index contributed by atoms with van der Waals surface area (Å²) in [5.74, 6) is 0.818. The van der Waals surface area contributed by atoms with Gasteiger partial charge < -0.3 is 10.1 Å². The number of benzene rings is 4. The van der Waals surface area contributed by atoms with Crippen molar-refractivity contribution in [3.8, 4) is 11.4 Å². The maximum Gasteiger partial charge on any atom is 0.265 e. The molecule has 0 spiro atoms. The Labute approximate surface area is 196 Å². The summed E-state index contributed by atoms with van der Waals surface area (Å²) in [6.07, 6.45) is 0. The molecule has 0 radical (unpaired) electrons. The van der Waals surface area contributed by atoms with Crippen molar-refractivity contribution in [1.82, 2.24) is 9.55 Å². The van der Waals surface area contributed by atoms with Crippen molar-refractivity contribution in [2.24, 2.45) is 0 Å². The first-order chi connectivity index (χ1) is 16.6. The van der Waals surface area contributed by atoms with Gasteiger partial charge in [-0.25, -0.2) is 4.98 Å². The largest absolute Gasteiger partial charge is 0.493 e. The lowest BCUT2D eigenvalue weighted by atomic mass is 10.0. The third kappa shape index (κ3) is 3.79. The topological polar surface area (TPSA) is 73.2 Å². The van der Waals surface area contributed by atoms with Crippen LogP contribution in [0.25, 0.3) is 27.4 Å². The Hall–Kier alpha value is -4.45. The minimum Gasteiger partial charge on any atom is -0.493 e. The molecule has 4 aromatic carbocycles. The lowest BCUT2D eigenvalue weighted by Crippen LogP contribution is -2.22. The number of carbonyl (C=O) groups excluding carboxylic acids is 1. The molecule has 0 aliphatic carbocycles. The number of hydrogen-bond donors (Lipinski definition) is 1. The van der Waals surface area contributed by atoms with Crippen molar-refractivity contribution in [2.45, 2.75) is 13.8 Å². The van der Waals surface area contributed by atoms with Crippen LogP contribution >= 0.6 is 0 Å². The molecule has 0 fully saturated rings. The number of nitrogens with one attached hydrogen (secondary N) is 1. The van der Waals surface area contributed by atoms with E-state index in [2.05, 4.69) is 10.3 Å². The molecule has 0 atom stereocenters. The lowest BCUT2D eigenvalue weighted by Gasteiger charge is -2.15. The Morgan fingerprint density at radius 1 is 0.941 bits per heavy atom. The average molecular weight is 450 g/mol. The van der Waals surface area contributed by atoms with Gasteiger partial charge in [0.1, 0.15) is 11.6 Å². The van der Waals surface area contributed by atoms with Crippen LogP contribution in [0.3, 0.4) is 0 Å². The molecular weight excluding hydrogens is 426 g/mol. The molecule has 6 nitrogen and oxygen atoms in total. The van der Waals surface area contributed by atoms with Crippen molar-refractivity contribution in [3.63, 3.8) is 0 Å². The van der Waals surface area contributed by atoms with E-state index < -0.39 is 0 Å². The van der Waals surface area contributed by atoms with Gasteiger partial charge in [0, 0.05) is 5.69 Å². The van der Waals surface area contributed by atoms with Gasteiger partial charge in [-0.1, -0.05) is 48.5 Å². The number of para-hydroxylation sites is 1. The quantitative estimate of drug-likeness (QED) is 0.385. The first kappa shape index (κ1) is 21.4. The maximum atomic E-state index is 13.4. The molecule has 6 heteroatoms. The Morgan fingerprint density at radius 3 is 2.53 bits per heavy atom. The highest BCUT2D eigenvalue weighted by molar-refractivity contribution is 6.15. The van der Waals surface area contributed by atoms with Gasteiger partial charge in [-0.3, -0.25) is 14.2 Å². The number of anilines is 1. The van der Waals surface area contributed by atoms with Crippen LogP contribution in [0.2, 0.25) is 0 Å². The molecule has 0 aliphatic rings. The van der Waals surface area contributed by atoms with Gasteiger partial charge in [0.25, 0.3) is 11.5 Å². The third-order valence-corrected chi connectivity index (χ3v) is 5.72. The van der Waals surface area contributed by atoms with Gasteiger partial charge in [-0.15, -0.1) is 0 Å². The van der Waals surface area contributed by atoms with Crippen LogP contribution in [0, 0.1) is 6.92 Å². The molecule has 0 bridgehead atoms.